The number of nitrogens with zero attached hydrogens (tertiary/aromatic N) is 3. The fourth-order valence-corrected chi connectivity index (χ4v) is 4.05. The summed E-state index contributed by atoms with van der Waals surface area (Å²) in [7, 11) is 0. The monoisotopic (exact) mass is 537 g/mol. The van der Waals surface area contributed by atoms with E-state index < -0.39 is 0 Å². The van der Waals surface area contributed by atoms with Crippen molar-refractivity contribution in [1.82, 2.24) is 20.5 Å². The maximum absolute atomic E-state index is 5.67. The van der Waals surface area contributed by atoms with E-state index in [0.717, 1.165) is 62.3 Å². The second-order valence-electron chi connectivity index (χ2n) is 8.75. The smallest absolute Gasteiger partial charge is 0.191 e. The fourth-order valence-electron chi connectivity index (χ4n) is 3.11. The first kappa shape index (κ1) is 26.6. The third kappa shape index (κ3) is 9.93. The second kappa shape index (κ2) is 13.1. The minimum absolute atomic E-state index is 0. The first-order valence-electron chi connectivity index (χ1n) is 10.6. The third-order valence-corrected chi connectivity index (χ3v) is 5.66. The number of guanidine groups is 1. The molecule has 0 atom stereocenters. The molecule has 2 N–H and O–H groups in total. The molecule has 0 bridgehead atoms. The molecular formula is C21H40IN5OS. The van der Waals surface area contributed by atoms with E-state index >= 15 is 0 Å². The maximum atomic E-state index is 5.67. The number of hydrogen-bond donors (Lipinski definition) is 2. The van der Waals surface area contributed by atoms with E-state index in [1.807, 2.05) is 0 Å². The van der Waals surface area contributed by atoms with E-state index in [0.29, 0.717) is 18.7 Å². The summed E-state index contributed by atoms with van der Waals surface area (Å²) in [5, 5.41) is 10.2. The average molecular weight is 538 g/mol. The van der Waals surface area contributed by atoms with Gasteiger partial charge >= 0.3 is 0 Å². The Morgan fingerprint density at radius 3 is 2.59 bits per heavy atom. The quantitative estimate of drug-likeness (QED) is 0.298. The Kier molecular flexibility index (Phi) is 12.0. The highest BCUT2D eigenvalue weighted by atomic mass is 127. The van der Waals surface area contributed by atoms with E-state index in [9.17, 15) is 0 Å². The van der Waals surface area contributed by atoms with Crippen LogP contribution in [0.4, 0.5) is 0 Å². The number of rotatable bonds is 8. The van der Waals surface area contributed by atoms with Crippen molar-refractivity contribution in [3.63, 3.8) is 0 Å². The van der Waals surface area contributed by atoms with Gasteiger partial charge in [0.1, 0.15) is 5.01 Å². The summed E-state index contributed by atoms with van der Waals surface area (Å²) in [5.41, 5.74) is 1.24. The molecule has 2 heterocycles. The van der Waals surface area contributed by atoms with E-state index in [2.05, 4.69) is 62.5 Å². The Morgan fingerprint density at radius 1 is 1.34 bits per heavy atom. The van der Waals surface area contributed by atoms with Crippen molar-refractivity contribution in [3.05, 3.63) is 16.1 Å². The minimum Gasteiger partial charge on any atom is -0.377 e. The van der Waals surface area contributed by atoms with Crippen molar-refractivity contribution in [2.24, 2.45) is 4.99 Å². The van der Waals surface area contributed by atoms with E-state index in [4.69, 9.17) is 14.7 Å². The van der Waals surface area contributed by atoms with E-state index in [-0.39, 0.29) is 29.4 Å². The van der Waals surface area contributed by atoms with Gasteiger partial charge in [-0.1, -0.05) is 20.8 Å². The highest BCUT2D eigenvalue weighted by Crippen LogP contribution is 2.24. The molecule has 0 unspecified atom stereocenters. The van der Waals surface area contributed by atoms with Gasteiger partial charge in [0.25, 0.3) is 0 Å². The predicted molar refractivity (Wildman–Crippen MR) is 135 cm³/mol. The van der Waals surface area contributed by atoms with Gasteiger partial charge in [-0.05, 0) is 33.6 Å². The van der Waals surface area contributed by atoms with Gasteiger partial charge < -0.3 is 20.3 Å². The van der Waals surface area contributed by atoms with Crippen LogP contribution in [0.3, 0.4) is 0 Å². The molecule has 1 saturated heterocycles. The Morgan fingerprint density at radius 2 is 2.03 bits per heavy atom. The average Bonchev–Trinajstić information content (AvgIpc) is 3.10. The summed E-state index contributed by atoms with van der Waals surface area (Å²) in [4.78, 5) is 12.0. The van der Waals surface area contributed by atoms with Gasteiger partial charge in [-0.25, -0.2) is 9.98 Å². The molecule has 0 aliphatic carbocycles. The van der Waals surface area contributed by atoms with Crippen molar-refractivity contribution in [1.29, 1.82) is 0 Å². The van der Waals surface area contributed by atoms with Crippen LogP contribution in [-0.2, 0) is 16.7 Å². The zero-order chi connectivity index (χ0) is 20.6. The molecule has 0 radical (unpaired) electrons. The number of aliphatic imine (C=N–C) groups is 1. The largest absolute Gasteiger partial charge is 0.377 e. The molecule has 6 nitrogen and oxygen atoms in total. The standard InChI is InChI=1S/C21H39N5OS.HI/c1-7-22-20(23-14-19-25-18(15-28-19)21(4,5)6)24-17-8-10-26(11-9-17)12-13-27-16(2)3;/h15-17H,7-14H2,1-6H3,(H2,22,23,24);1H. The molecule has 29 heavy (non-hydrogen) atoms. The molecular weight excluding hydrogens is 497 g/mol. The summed E-state index contributed by atoms with van der Waals surface area (Å²) >= 11 is 1.70. The lowest BCUT2D eigenvalue weighted by Gasteiger charge is -2.33. The molecule has 0 amide bonds. The summed E-state index contributed by atoms with van der Waals surface area (Å²) in [6.45, 7) is 18.4. The van der Waals surface area contributed by atoms with Crippen LogP contribution < -0.4 is 10.6 Å². The molecule has 2 rings (SSSR count). The number of ether oxygens (including phenoxy) is 1. The fraction of sp³-hybridized carbons (Fsp3) is 0.810. The Labute approximate surface area is 198 Å². The van der Waals surface area contributed by atoms with Crippen molar-refractivity contribution in [2.45, 2.75) is 78.5 Å². The van der Waals surface area contributed by atoms with Gasteiger partial charge in [0.15, 0.2) is 5.96 Å². The highest BCUT2D eigenvalue weighted by molar-refractivity contribution is 14.0. The molecule has 1 aliphatic heterocycles. The van der Waals surface area contributed by atoms with Crippen LogP contribution in [0.25, 0.3) is 0 Å². The third-order valence-electron chi connectivity index (χ3n) is 4.82. The number of nitrogens with one attached hydrogen (secondary N) is 2. The van der Waals surface area contributed by atoms with Crippen LogP contribution in [-0.4, -0.2) is 60.8 Å². The molecule has 0 saturated carbocycles. The number of piperidine rings is 1. The van der Waals surface area contributed by atoms with Crippen LogP contribution in [0.15, 0.2) is 10.4 Å². The van der Waals surface area contributed by atoms with Gasteiger partial charge in [-0.2, -0.15) is 0 Å². The van der Waals surface area contributed by atoms with Crippen LogP contribution in [0.5, 0.6) is 0 Å². The van der Waals surface area contributed by atoms with Gasteiger partial charge in [0.2, 0.25) is 0 Å². The van der Waals surface area contributed by atoms with Crippen LogP contribution >= 0.6 is 35.3 Å². The van der Waals surface area contributed by atoms with Crippen molar-refractivity contribution in [3.8, 4) is 0 Å². The molecule has 0 spiro atoms. The number of likely N-dealkylation sites (tertiary alicyclic amines) is 1. The zero-order valence-electron chi connectivity index (χ0n) is 19.0. The van der Waals surface area contributed by atoms with E-state index in [1.54, 1.807) is 11.3 Å². The molecule has 1 aliphatic rings. The number of thiazole rings is 1. The summed E-state index contributed by atoms with van der Waals surface area (Å²) in [6, 6.07) is 0.474. The van der Waals surface area contributed by atoms with Crippen molar-refractivity contribution < 1.29 is 4.74 Å². The molecule has 1 aromatic heterocycles. The Bertz CT molecular complexity index is 606. The van der Waals surface area contributed by atoms with Crippen LogP contribution in [0, 0.1) is 0 Å². The molecule has 8 heteroatoms. The normalized spacial score (nSPS) is 16.7. The Balaban J connectivity index is 0.00000420. The molecule has 1 fully saturated rings. The molecule has 0 aromatic carbocycles. The lowest BCUT2D eigenvalue weighted by atomic mass is 9.93. The highest BCUT2D eigenvalue weighted by Gasteiger charge is 2.20. The van der Waals surface area contributed by atoms with Crippen molar-refractivity contribution >= 4 is 41.3 Å². The van der Waals surface area contributed by atoms with Gasteiger partial charge in [-0.15, -0.1) is 35.3 Å². The molecule has 168 valence electrons. The van der Waals surface area contributed by atoms with Crippen LogP contribution in [0.2, 0.25) is 0 Å². The van der Waals surface area contributed by atoms with Gasteiger partial charge in [-0.3, -0.25) is 0 Å². The van der Waals surface area contributed by atoms with Gasteiger partial charge in [0, 0.05) is 43.0 Å². The first-order chi connectivity index (χ1) is 13.3. The predicted octanol–water partition coefficient (Wildman–Crippen LogP) is 4.00. The number of halogens is 1. The summed E-state index contributed by atoms with van der Waals surface area (Å²) in [6.07, 6.45) is 2.59. The lowest BCUT2D eigenvalue weighted by molar-refractivity contribution is 0.0532. The lowest BCUT2D eigenvalue weighted by Crippen LogP contribution is -2.49. The SMILES string of the molecule is CCNC(=NCc1nc(C(C)(C)C)cs1)NC1CCN(CCOC(C)C)CC1.I. The van der Waals surface area contributed by atoms with Crippen molar-refractivity contribution in [2.75, 3.05) is 32.8 Å². The number of hydrogen-bond acceptors (Lipinski definition) is 5. The summed E-state index contributed by atoms with van der Waals surface area (Å²) < 4.78 is 5.67. The number of aromatic nitrogens is 1. The summed E-state index contributed by atoms with van der Waals surface area (Å²) in [5.74, 6) is 0.900. The maximum Gasteiger partial charge on any atom is 0.191 e. The zero-order valence-corrected chi connectivity index (χ0v) is 22.1. The van der Waals surface area contributed by atoms with Crippen LogP contribution in [0.1, 0.15) is 65.1 Å². The van der Waals surface area contributed by atoms with E-state index in [1.165, 1.54) is 0 Å². The van der Waals surface area contributed by atoms with Gasteiger partial charge in [0.05, 0.1) is 24.9 Å². The topological polar surface area (TPSA) is 61.8 Å². The minimum atomic E-state index is 0. The first-order valence-corrected chi connectivity index (χ1v) is 11.5. The Hall–Kier alpha value is -0.450. The molecule has 1 aromatic rings. The second-order valence-corrected chi connectivity index (χ2v) is 9.69.